The van der Waals surface area contributed by atoms with Crippen molar-refractivity contribution >= 4 is 38.1 Å². The average Bonchev–Trinajstić information content (AvgIpc) is 3.08. The number of aromatic nitrogens is 4. The first-order chi connectivity index (χ1) is 15.0. The van der Waals surface area contributed by atoms with E-state index in [1.807, 2.05) is 0 Å². The number of benzene rings is 1. The lowest BCUT2D eigenvalue weighted by Gasteiger charge is -2.11. The Labute approximate surface area is 180 Å². The van der Waals surface area contributed by atoms with Gasteiger partial charge in [-0.05, 0) is 29.8 Å². The Balaban J connectivity index is 2.02. The molecule has 12 heteroatoms. The van der Waals surface area contributed by atoms with Crippen LogP contribution >= 0.6 is 0 Å². The minimum absolute atomic E-state index is 0.0111. The predicted molar refractivity (Wildman–Crippen MR) is 111 cm³/mol. The van der Waals surface area contributed by atoms with Gasteiger partial charge < -0.3 is 9.77 Å². The number of hydrogen-bond acceptors (Lipinski definition) is 7. The second kappa shape index (κ2) is 7.55. The molecule has 0 saturated carbocycles. The number of rotatable bonds is 4. The van der Waals surface area contributed by atoms with E-state index in [9.17, 15) is 21.6 Å². The van der Waals surface area contributed by atoms with Crippen LogP contribution in [-0.2, 0) is 23.1 Å². The topological polar surface area (TPSA) is 110 Å². The van der Waals surface area contributed by atoms with Crippen LogP contribution in [0.4, 0.5) is 13.2 Å². The van der Waals surface area contributed by atoms with E-state index in [0.29, 0.717) is 22.7 Å². The summed E-state index contributed by atoms with van der Waals surface area (Å²) < 4.78 is 66.4. The number of aryl methyl sites for hydroxylation is 1. The third kappa shape index (κ3) is 3.66. The smallest absolute Gasteiger partial charge is 0.411 e. The molecule has 0 radical (unpaired) electrons. The number of alkyl halides is 3. The highest BCUT2D eigenvalue weighted by molar-refractivity contribution is 7.91. The van der Waals surface area contributed by atoms with Gasteiger partial charge in [-0.25, -0.2) is 23.4 Å². The van der Waals surface area contributed by atoms with Crippen LogP contribution in [0.3, 0.4) is 0 Å². The van der Waals surface area contributed by atoms with Crippen molar-refractivity contribution in [3.05, 3.63) is 47.7 Å². The maximum Gasteiger partial charge on any atom is 0.417 e. The van der Waals surface area contributed by atoms with E-state index in [4.69, 9.17) is 5.21 Å². The van der Waals surface area contributed by atoms with E-state index in [0.717, 1.165) is 6.07 Å². The second-order valence-corrected chi connectivity index (χ2v) is 9.24. The number of oxime groups is 1. The number of imidazole rings is 1. The van der Waals surface area contributed by atoms with E-state index in [2.05, 4.69) is 20.1 Å². The molecule has 166 valence electrons. The normalized spacial score (nSPS) is 12.9. The fraction of sp³-hybridized carbons (Fsp3) is 0.200. The molecular weight excluding hydrogens is 447 g/mol. The van der Waals surface area contributed by atoms with Crippen molar-refractivity contribution in [2.45, 2.75) is 18.0 Å². The van der Waals surface area contributed by atoms with Gasteiger partial charge in [0.2, 0.25) is 0 Å². The lowest BCUT2D eigenvalue weighted by atomic mass is 10.1. The van der Waals surface area contributed by atoms with Gasteiger partial charge in [0, 0.05) is 18.6 Å². The molecule has 0 bridgehead atoms. The highest BCUT2D eigenvalue weighted by Gasteiger charge is 2.32. The Morgan fingerprint density at radius 2 is 1.91 bits per heavy atom. The summed E-state index contributed by atoms with van der Waals surface area (Å²) in [6, 6.07) is 7.13. The Kier molecular flexibility index (Phi) is 5.12. The number of nitrogens with zero attached hydrogens (tertiary/aromatic N) is 5. The van der Waals surface area contributed by atoms with E-state index in [1.165, 1.54) is 30.8 Å². The Morgan fingerprint density at radius 1 is 1.16 bits per heavy atom. The molecule has 1 aromatic carbocycles. The highest BCUT2D eigenvalue weighted by atomic mass is 32.2. The van der Waals surface area contributed by atoms with E-state index >= 15 is 0 Å². The largest absolute Gasteiger partial charge is 0.417 e. The molecule has 0 amide bonds. The summed E-state index contributed by atoms with van der Waals surface area (Å²) in [5, 5.41) is 12.2. The van der Waals surface area contributed by atoms with Gasteiger partial charge in [0.15, 0.2) is 21.3 Å². The summed E-state index contributed by atoms with van der Waals surface area (Å²) in [5.74, 6) is -0.146. The third-order valence-electron chi connectivity index (χ3n) is 4.97. The standard InChI is InChI=1S/C20H16F3N5O3S/c1-3-32(30,31)16-7-12-6-11(9-25-29)4-5-14(12)26-17(16)19-27-15-8-13(20(21,22)23)10-24-18(15)28(19)2/h4-10,29H,3H2,1-2H3. The molecule has 0 aliphatic heterocycles. The highest BCUT2D eigenvalue weighted by Crippen LogP contribution is 2.34. The maximum absolute atomic E-state index is 13.1. The second-order valence-electron chi connectivity index (χ2n) is 6.99. The first-order valence-electron chi connectivity index (χ1n) is 9.30. The zero-order valence-electron chi connectivity index (χ0n) is 16.8. The van der Waals surface area contributed by atoms with Crippen LogP contribution in [0.5, 0.6) is 0 Å². The molecule has 0 aliphatic rings. The SMILES string of the molecule is CCS(=O)(=O)c1cc2cc(C=NO)ccc2nc1-c1nc2cc(C(F)(F)F)cnc2n1C. The van der Waals surface area contributed by atoms with Gasteiger partial charge >= 0.3 is 6.18 Å². The van der Waals surface area contributed by atoms with Crippen molar-refractivity contribution in [3.63, 3.8) is 0 Å². The van der Waals surface area contributed by atoms with E-state index < -0.39 is 21.6 Å². The first kappa shape index (κ1) is 21.7. The van der Waals surface area contributed by atoms with Crippen molar-refractivity contribution in [3.8, 4) is 11.5 Å². The maximum atomic E-state index is 13.1. The minimum atomic E-state index is -4.59. The quantitative estimate of drug-likeness (QED) is 0.280. The number of fused-ring (bicyclic) bond motifs is 2. The van der Waals surface area contributed by atoms with Crippen LogP contribution in [0.1, 0.15) is 18.1 Å². The summed E-state index contributed by atoms with van der Waals surface area (Å²) in [6.07, 6.45) is -2.70. The van der Waals surface area contributed by atoms with Crippen molar-refractivity contribution in [2.75, 3.05) is 5.75 Å². The van der Waals surface area contributed by atoms with E-state index in [-0.39, 0.29) is 33.3 Å². The molecule has 1 N–H and O–H groups in total. The molecule has 3 aromatic heterocycles. The summed E-state index contributed by atoms with van der Waals surface area (Å²) in [7, 11) is -2.25. The zero-order valence-corrected chi connectivity index (χ0v) is 17.6. The van der Waals surface area contributed by atoms with Gasteiger partial charge in [-0.3, -0.25) is 0 Å². The molecule has 0 saturated heterocycles. The number of sulfone groups is 1. The predicted octanol–water partition coefficient (Wildman–Crippen LogP) is 3.80. The molecule has 4 rings (SSSR count). The lowest BCUT2D eigenvalue weighted by Crippen LogP contribution is -2.09. The van der Waals surface area contributed by atoms with Gasteiger partial charge in [0.25, 0.3) is 0 Å². The van der Waals surface area contributed by atoms with Crippen molar-refractivity contribution < 1.29 is 26.8 Å². The molecule has 0 unspecified atom stereocenters. The summed E-state index contributed by atoms with van der Waals surface area (Å²) in [6.45, 7) is 1.48. The molecule has 3 heterocycles. The molecule has 0 fully saturated rings. The van der Waals surface area contributed by atoms with Crippen LogP contribution in [0.25, 0.3) is 33.6 Å². The fourth-order valence-corrected chi connectivity index (χ4v) is 4.37. The number of halogens is 3. The van der Waals surface area contributed by atoms with Gasteiger partial charge in [0.05, 0.1) is 27.9 Å². The number of pyridine rings is 2. The molecular formula is C20H16F3N5O3S. The van der Waals surface area contributed by atoms with Crippen LogP contribution < -0.4 is 0 Å². The molecule has 4 aromatic rings. The Bertz CT molecular complexity index is 1490. The average molecular weight is 463 g/mol. The summed E-state index contributed by atoms with van der Waals surface area (Å²) in [5.41, 5.74) is 0.137. The van der Waals surface area contributed by atoms with Crippen molar-refractivity contribution in [1.82, 2.24) is 19.5 Å². The van der Waals surface area contributed by atoms with Gasteiger partial charge in [-0.15, -0.1) is 0 Å². The summed E-state index contributed by atoms with van der Waals surface area (Å²) in [4.78, 5) is 12.5. The molecule has 0 spiro atoms. The number of hydrogen-bond donors (Lipinski definition) is 1. The molecule has 0 atom stereocenters. The van der Waals surface area contributed by atoms with Crippen LogP contribution in [-0.4, -0.2) is 45.1 Å². The van der Waals surface area contributed by atoms with Gasteiger partial charge in [0.1, 0.15) is 11.2 Å². The van der Waals surface area contributed by atoms with Crippen molar-refractivity contribution in [2.24, 2.45) is 12.2 Å². The first-order valence-corrected chi connectivity index (χ1v) is 11.0. The zero-order chi connectivity index (χ0) is 23.3. The van der Waals surface area contributed by atoms with Crippen molar-refractivity contribution in [1.29, 1.82) is 0 Å². The van der Waals surface area contributed by atoms with Crippen LogP contribution in [0.2, 0.25) is 0 Å². The third-order valence-corrected chi connectivity index (χ3v) is 6.72. The summed E-state index contributed by atoms with van der Waals surface area (Å²) >= 11 is 0. The molecule has 32 heavy (non-hydrogen) atoms. The fourth-order valence-electron chi connectivity index (χ4n) is 3.32. The monoisotopic (exact) mass is 463 g/mol. The Hall–Kier alpha value is -3.54. The van der Waals surface area contributed by atoms with Crippen LogP contribution in [0, 0.1) is 0 Å². The lowest BCUT2D eigenvalue weighted by molar-refractivity contribution is -0.137. The van der Waals surface area contributed by atoms with Crippen LogP contribution in [0.15, 0.2) is 46.6 Å². The van der Waals surface area contributed by atoms with Gasteiger partial charge in [-0.2, -0.15) is 13.2 Å². The van der Waals surface area contributed by atoms with Gasteiger partial charge in [-0.1, -0.05) is 18.1 Å². The molecule has 0 aliphatic carbocycles. The minimum Gasteiger partial charge on any atom is -0.411 e. The molecule has 8 nitrogen and oxygen atoms in total. The Morgan fingerprint density at radius 3 is 2.56 bits per heavy atom. The van der Waals surface area contributed by atoms with E-state index in [1.54, 1.807) is 18.2 Å².